The normalized spacial score (nSPS) is 13.6. The summed E-state index contributed by atoms with van der Waals surface area (Å²) in [5, 5.41) is 0. The molecular weight excluding hydrogens is 414 g/mol. The van der Waals surface area contributed by atoms with E-state index in [1.54, 1.807) is 12.4 Å². The van der Waals surface area contributed by atoms with Gasteiger partial charge in [-0.25, -0.2) is 15.0 Å². The second-order valence-corrected chi connectivity index (χ2v) is 22.8. The molecule has 7 heteroatoms. The minimum Gasteiger partial charge on any atom is -0.392 e. The minimum absolute atomic E-state index is 0.580. The summed E-state index contributed by atoms with van der Waals surface area (Å²) in [5.74, 6) is 0.901. The van der Waals surface area contributed by atoms with Gasteiger partial charge in [-0.05, 0) is 33.2 Å². The molecule has 0 atom stereocenters. The quantitative estimate of drug-likeness (QED) is 0.362. The Bertz CT molecular complexity index is 788. The van der Waals surface area contributed by atoms with Gasteiger partial charge in [0, 0.05) is 12.4 Å². The summed E-state index contributed by atoms with van der Waals surface area (Å²) in [5.41, 5.74) is 4.95. The molecule has 0 amide bonds. The van der Waals surface area contributed by atoms with E-state index in [0.29, 0.717) is 38.9 Å². The first kappa shape index (κ1) is 25.9. The zero-order valence-corrected chi connectivity index (χ0v) is 23.9. The lowest BCUT2D eigenvalue weighted by atomic mass is 10.5. The topological polar surface area (TPSA) is 54.8 Å². The van der Waals surface area contributed by atoms with Gasteiger partial charge >= 0.3 is 0 Å². The molecule has 31 heavy (non-hydrogen) atoms. The highest BCUT2D eigenvalue weighted by Gasteiger charge is 2.60. The van der Waals surface area contributed by atoms with Crippen LogP contribution in [0.4, 0.5) is 5.95 Å². The van der Waals surface area contributed by atoms with E-state index < -0.39 is 16.5 Å². The smallest absolute Gasteiger partial charge is 0.211 e. The summed E-state index contributed by atoms with van der Waals surface area (Å²) in [4.78, 5) is 19.1. The van der Waals surface area contributed by atoms with Gasteiger partial charge in [-0.1, -0.05) is 83.1 Å². The number of aromatic nitrogens is 4. The van der Waals surface area contributed by atoms with E-state index in [4.69, 9.17) is 9.97 Å². The number of hydrogen-bond donors (Lipinski definition) is 0. The Morgan fingerprint density at radius 3 is 1.35 bits per heavy atom. The van der Waals surface area contributed by atoms with Crippen LogP contribution in [0.25, 0.3) is 11.2 Å². The van der Waals surface area contributed by atoms with Gasteiger partial charge in [0.25, 0.3) is 0 Å². The lowest BCUT2D eigenvalue weighted by Crippen LogP contribution is -2.75. The second-order valence-electron chi connectivity index (χ2n) is 11.0. The molecule has 0 unspecified atom stereocenters. The summed E-state index contributed by atoms with van der Waals surface area (Å²) in [6.45, 7) is 29.3. The first-order chi connectivity index (χ1) is 14.4. The molecule has 174 valence electrons. The molecule has 0 N–H and O–H groups in total. The monoisotopic (exact) mass is 459 g/mol. The molecule has 2 aromatic heterocycles. The Labute approximate surface area is 192 Å². The fourth-order valence-electron chi connectivity index (χ4n) is 7.10. The van der Waals surface area contributed by atoms with Crippen LogP contribution in [0.15, 0.2) is 18.6 Å². The number of hydrogen-bond acceptors (Lipinski definition) is 5. The van der Waals surface area contributed by atoms with Crippen LogP contribution in [0.2, 0.25) is 33.2 Å². The van der Waals surface area contributed by atoms with E-state index in [0.717, 1.165) is 11.5 Å². The van der Waals surface area contributed by atoms with E-state index in [9.17, 15) is 0 Å². The highest BCUT2D eigenvalue weighted by atomic mass is 28.4. The van der Waals surface area contributed by atoms with Crippen molar-refractivity contribution in [3.8, 4) is 0 Å². The summed E-state index contributed by atoms with van der Waals surface area (Å²) in [6, 6.07) is 0. The van der Waals surface area contributed by atoms with Crippen molar-refractivity contribution in [3.05, 3.63) is 18.6 Å². The molecule has 0 radical (unpaired) electrons. The average Bonchev–Trinajstić information content (AvgIpc) is 2.65. The van der Waals surface area contributed by atoms with Gasteiger partial charge in [-0.15, -0.1) is 0 Å². The average molecular weight is 460 g/mol. The lowest BCUT2D eigenvalue weighted by Gasteiger charge is -2.62. The third-order valence-electron chi connectivity index (χ3n) is 7.74. The fraction of sp³-hybridized carbons (Fsp3) is 0.750. The van der Waals surface area contributed by atoms with E-state index in [1.807, 2.05) is 6.20 Å². The maximum absolute atomic E-state index is 5.11. The second kappa shape index (κ2) is 9.65. The molecule has 0 aliphatic carbocycles. The molecule has 2 heterocycles. The molecule has 0 bridgehead atoms. The van der Waals surface area contributed by atoms with Crippen molar-refractivity contribution in [2.75, 3.05) is 4.23 Å². The van der Waals surface area contributed by atoms with Gasteiger partial charge in [-0.3, -0.25) is 0 Å². The van der Waals surface area contributed by atoms with Crippen molar-refractivity contribution >= 4 is 33.6 Å². The lowest BCUT2D eigenvalue weighted by molar-refractivity contribution is 0.753. The van der Waals surface area contributed by atoms with Crippen molar-refractivity contribution in [2.45, 2.75) is 116 Å². The third-order valence-corrected chi connectivity index (χ3v) is 23.1. The Balaban J connectivity index is 3.05. The highest BCUT2D eigenvalue weighted by molar-refractivity contribution is 7.05. The number of fused-ring (bicyclic) bond motifs is 1. The molecule has 0 spiro atoms. The van der Waals surface area contributed by atoms with Gasteiger partial charge in [0.05, 0.1) is 6.20 Å². The van der Waals surface area contributed by atoms with Crippen LogP contribution in [0.3, 0.4) is 0 Å². The number of anilines is 1. The van der Waals surface area contributed by atoms with Crippen LogP contribution < -0.4 is 4.23 Å². The molecule has 0 saturated heterocycles. The molecule has 5 nitrogen and oxygen atoms in total. The van der Waals surface area contributed by atoms with Crippen LogP contribution in [-0.2, 0) is 0 Å². The van der Waals surface area contributed by atoms with E-state index in [2.05, 4.69) is 97.3 Å². The maximum atomic E-state index is 5.11. The molecule has 2 rings (SSSR count). The Morgan fingerprint density at radius 2 is 0.968 bits per heavy atom. The predicted molar refractivity (Wildman–Crippen MR) is 140 cm³/mol. The van der Waals surface area contributed by atoms with Crippen molar-refractivity contribution < 1.29 is 0 Å². The predicted octanol–water partition coefficient (Wildman–Crippen LogP) is 7.58. The van der Waals surface area contributed by atoms with Crippen molar-refractivity contribution in [3.63, 3.8) is 0 Å². The standard InChI is InChI=1S/C24H45N5Si2/c1-16(2)30(17(3)4,18(5)6)29(31(19(7)8,20(9)10)21(11)12)24-27-15-22-23(28-24)26-14-13-25-22/h13-21H,1-12H3. The van der Waals surface area contributed by atoms with Crippen molar-refractivity contribution in [1.29, 1.82) is 0 Å². The van der Waals surface area contributed by atoms with Crippen molar-refractivity contribution in [2.24, 2.45) is 0 Å². The first-order valence-electron chi connectivity index (χ1n) is 12.1. The SMILES string of the molecule is CC(C)[Si](C(C)C)(C(C)C)N(c1ncc2nccnc2n1)[Si](C(C)C)(C(C)C)C(C)C. The van der Waals surface area contributed by atoms with E-state index in [1.165, 1.54) is 0 Å². The molecule has 0 saturated carbocycles. The van der Waals surface area contributed by atoms with Crippen LogP contribution in [0.5, 0.6) is 0 Å². The van der Waals surface area contributed by atoms with Crippen LogP contribution in [0, 0.1) is 0 Å². The molecule has 0 fully saturated rings. The van der Waals surface area contributed by atoms with E-state index >= 15 is 0 Å². The maximum Gasteiger partial charge on any atom is 0.211 e. The molecular formula is C24H45N5Si2. The summed E-state index contributed by atoms with van der Waals surface area (Å²) in [7, 11) is -4.17. The largest absolute Gasteiger partial charge is 0.392 e. The van der Waals surface area contributed by atoms with Crippen LogP contribution in [-0.4, -0.2) is 36.4 Å². The van der Waals surface area contributed by atoms with Gasteiger partial charge in [-0.2, -0.15) is 4.98 Å². The molecule has 0 aliphatic rings. The van der Waals surface area contributed by atoms with Gasteiger partial charge in [0.1, 0.15) is 5.52 Å². The number of rotatable bonds is 9. The molecule has 0 aliphatic heterocycles. The molecule has 0 aromatic carbocycles. The summed E-state index contributed by atoms with van der Waals surface area (Å²) >= 11 is 0. The first-order valence-corrected chi connectivity index (χ1v) is 16.5. The zero-order chi connectivity index (χ0) is 23.7. The van der Waals surface area contributed by atoms with Gasteiger partial charge < -0.3 is 4.23 Å². The third kappa shape index (κ3) is 4.08. The summed E-state index contributed by atoms with van der Waals surface area (Å²) in [6.07, 6.45) is 5.34. The van der Waals surface area contributed by atoms with Crippen molar-refractivity contribution in [1.82, 2.24) is 19.9 Å². The van der Waals surface area contributed by atoms with Crippen LogP contribution >= 0.6 is 0 Å². The van der Waals surface area contributed by atoms with Crippen LogP contribution in [0.1, 0.15) is 83.1 Å². The highest BCUT2D eigenvalue weighted by Crippen LogP contribution is 2.54. The fourth-order valence-corrected chi connectivity index (χ4v) is 26.4. The zero-order valence-electron chi connectivity index (χ0n) is 21.9. The molecule has 2 aromatic rings. The summed E-state index contributed by atoms with van der Waals surface area (Å²) < 4.78 is 2.92. The Hall–Kier alpha value is -1.35. The van der Waals surface area contributed by atoms with E-state index in [-0.39, 0.29) is 0 Å². The minimum atomic E-state index is -2.09. The Kier molecular flexibility index (Phi) is 8.07. The van der Waals surface area contributed by atoms with Gasteiger partial charge in [0.15, 0.2) is 22.1 Å². The van der Waals surface area contributed by atoms with Gasteiger partial charge in [0.2, 0.25) is 5.95 Å². The number of nitrogens with zero attached hydrogens (tertiary/aromatic N) is 5. The Morgan fingerprint density at radius 1 is 0.581 bits per heavy atom.